The molecule has 0 saturated carbocycles. The van der Waals surface area contributed by atoms with Gasteiger partial charge in [-0.1, -0.05) is 55.0 Å². The monoisotopic (exact) mass is 486 g/mol. The molecular weight excluding hydrogens is 464 g/mol. The number of benzene rings is 2. The van der Waals surface area contributed by atoms with E-state index in [1.807, 2.05) is 32.9 Å². The normalized spacial score (nSPS) is 11.9. The third kappa shape index (κ3) is 4.87. The number of aromatic nitrogens is 3. The van der Waals surface area contributed by atoms with Crippen molar-refractivity contribution in [3.63, 3.8) is 0 Å². The molecule has 2 heterocycles. The highest BCUT2D eigenvalue weighted by molar-refractivity contribution is 7.98. The van der Waals surface area contributed by atoms with Crippen LogP contribution in [0.2, 0.25) is 0 Å². The maximum absolute atomic E-state index is 12.8. The van der Waals surface area contributed by atoms with Gasteiger partial charge in [0.25, 0.3) is 15.6 Å². The molecule has 0 fully saturated rings. The van der Waals surface area contributed by atoms with Gasteiger partial charge in [-0.15, -0.1) is 11.8 Å². The quantitative estimate of drug-likeness (QED) is 0.381. The first-order chi connectivity index (χ1) is 15.2. The summed E-state index contributed by atoms with van der Waals surface area (Å²) in [5.74, 6) is 0.636. The molecule has 0 aliphatic heterocycles. The number of fused-ring (bicyclic) bond motifs is 1. The minimum atomic E-state index is -3.72. The Labute approximate surface area is 194 Å². The lowest BCUT2D eigenvalue weighted by atomic mass is 10.2. The highest BCUT2D eigenvalue weighted by Gasteiger charge is 2.17. The van der Waals surface area contributed by atoms with Crippen molar-refractivity contribution in [2.75, 3.05) is 4.72 Å². The summed E-state index contributed by atoms with van der Waals surface area (Å²) < 4.78 is 29.6. The van der Waals surface area contributed by atoms with E-state index in [0.29, 0.717) is 22.1 Å². The van der Waals surface area contributed by atoms with E-state index < -0.39 is 10.0 Å². The number of sulfonamides is 1. The number of hydrogen-bond donors (Lipinski definition) is 1. The van der Waals surface area contributed by atoms with Crippen LogP contribution in [0.1, 0.15) is 36.0 Å². The summed E-state index contributed by atoms with van der Waals surface area (Å²) in [7, 11) is -3.72. The van der Waals surface area contributed by atoms with E-state index in [-0.39, 0.29) is 16.4 Å². The standard InChI is InChI=1S/C22H22N4O3S3/c1-14(2)21-24-26-20(27)12-16(23-22(26)31-21)13-30-19-7-5-4-6-18(19)25-32(28,29)17-10-8-15(3)9-11-17/h4-12,14,25H,13H2,1-3H3. The Hall–Kier alpha value is -2.69. The topological polar surface area (TPSA) is 93.4 Å². The van der Waals surface area contributed by atoms with Crippen molar-refractivity contribution in [2.45, 2.75) is 42.2 Å². The van der Waals surface area contributed by atoms with Crippen LogP contribution in [0.4, 0.5) is 5.69 Å². The zero-order valence-corrected chi connectivity index (χ0v) is 20.2. The Morgan fingerprint density at radius 3 is 2.56 bits per heavy atom. The van der Waals surface area contributed by atoms with E-state index in [4.69, 9.17) is 0 Å². The average molecular weight is 487 g/mol. The molecule has 10 heteroatoms. The molecule has 4 aromatic rings. The number of hydrogen-bond acceptors (Lipinski definition) is 7. The van der Waals surface area contributed by atoms with Crippen molar-refractivity contribution in [1.29, 1.82) is 0 Å². The smallest absolute Gasteiger partial charge is 0.275 e. The highest BCUT2D eigenvalue weighted by Crippen LogP contribution is 2.31. The Morgan fingerprint density at radius 1 is 1.12 bits per heavy atom. The molecule has 32 heavy (non-hydrogen) atoms. The molecular formula is C22H22N4O3S3. The molecule has 0 unspecified atom stereocenters. The van der Waals surface area contributed by atoms with E-state index in [2.05, 4.69) is 14.8 Å². The first-order valence-electron chi connectivity index (χ1n) is 9.94. The van der Waals surface area contributed by atoms with Gasteiger partial charge in [0.05, 0.1) is 16.3 Å². The number of anilines is 1. The summed E-state index contributed by atoms with van der Waals surface area (Å²) in [5.41, 5.74) is 1.87. The average Bonchev–Trinajstić information content (AvgIpc) is 3.18. The molecule has 1 N–H and O–H groups in total. The van der Waals surface area contributed by atoms with Gasteiger partial charge in [-0.2, -0.15) is 9.61 Å². The predicted octanol–water partition coefficient (Wildman–Crippen LogP) is 4.68. The second-order valence-electron chi connectivity index (χ2n) is 7.58. The lowest BCUT2D eigenvalue weighted by Crippen LogP contribution is -2.15. The van der Waals surface area contributed by atoms with Gasteiger partial charge in [0.1, 0.15) is 5.01 Å². The molecule has 166 valence electrons. The van der Waals surface area contributed by atoms with Gasteiger partial charge in [-0.05, 0) is 31.2 Å². The van der Waals surface area contributed by atoms with Gasteiger partial charge in [-0.25, -0.2) is 13.4 Å². The van der Waals surface area contributed by atoms with Crippen LogP contribution in [0.3, 0.4) is 0 Å². The SMILES string of the molecule is Cc1ccc(S(=O)(=O)Nc2ccccc2SCc2cc(=O)n3nc(C(C)C)sc3n2)cc1. The van der Waals surface area contributed by atoms with E-state index in [9.17, 15) is 13.2 Å². The van der Waals surface area contributed by atoms with Gasteiger partial charge in [0.2, 0.25) is 4.96 Å². The Morgan fingerprint density at radius 2 is 1.84 bits per heavy atom. The fourth-order valence-electron chi connectivity index (χ4n) is 2.93. The molecule has 0 atom stereocenters. The predicted molar refractivity (Wildman–Crippen MR) is 129 cm³/mol. The zero-order chi connectivity index (χ0) is 22.9. The number of nitrogens with one attached hydrogen (secondary N) is 1. The first-order valence-corrected chi connectivity index (χ1v) is 13.2. The van der Waals surface area contributed by atoms with Crippen LogP contribution in [0, 0.1) is 6.92 Å². The Balaban J connectivity index is 1.56. The maximum Gasteiger partial charge on any atom is 0.275 e. The Bertz CT molecular complexity index is 1430. The second kappa shape index (κ2) is 9.05. The minimum absolute atomic E-state index is 0.203. The summed E-state index contributed by atoms with van der Waals surface area (Å²) in [4.78, 5) is 18.5. The van der Waals surface area contributed by atoms with Crippen LogP contribution in [-0.2, 0) is 15.8 Å². The minimum Gasteiger partial charge on any atom is -0.278 e. The van der Waals surface area contributed by atoms with Crippen LogP contribution in [-0.4, -0.2) is 23.0 Å². The number of rotatable bonds is 7. The van der Waals surface area contributed by atoms with Crippen LogP contribution < -0.4 is 10.3 Å². The van der Waals surface area contributed by atoms with Crippen molar-refractivity contribution in [3.05, 3.63) is 81.2 Å². The lowest BCUT2D eigenvalue weighted by molar-refractivity contribution is 0.601. The van der Waals surface area contributed by atoms with Gasteiger partial charge in [0, 0.05) is 22.6 Å². The second-order valence-corrected chi connectivity index (χ2v) is 11.3. The molecule has 2 aromatic heterocycles. The summed E-state index contributed by atoms with van der Waals surface area (Å²) in [6.07, 6.45) is 0. The number of thioether (sulfide) groups is 1. The number of para-hydroxylation sites is 1. The fourth-order valence-corrected chi connectivity index (χ4v) is 5.90. The van der Waals surface area contributed by atoms with Gasteiger partial charge in [-0.3, -0.25) is 9.52 Å². The maximum atomic E-state index is 12.8. The molecule has 7 nitrogen and oxygen atoms in total. The van der Waals surface area contributed by atoms with Crippen molar-refractivity contribution in [1.82, 2.24) is 14.6 Å². The summed E-state index contributed by atoms with van der Waals surface area (Å²) in [5, 5.41) is 5.19. The molecule has 0 saturated heterocycles. The molecule has 0 spiro atoms. The molecule has 0 bridgehead atoms. The first kappa shape index (κ1) is 22.5. The Kier molecular flexibility index (Phi) is 6.36. The molecule has 4 rings (SSSR count). The molecule has 2 aromatic carbocycles. The van der Waals surface area contributed by atoms with E-state index in [1.54, 1.807) is 36.4 Å². The fraction of sp³-hybridized carbons (Fsp3) is 0.227. The van der Waals surface area contributed by atoms with Crippen LogP contribution in [0.5, 0.6) is 0 Å². The van der Waals surface area contributed by atoms with Crippen molar-refractivity contribution < 1.29 is 8.42 Å². The third-order valence-electron chi connectivity index (χ3n) is 4.65. The number of aryl methyl sites for hydroxylation is 1. The van der Waals surface area contributed by atoms with Gasteiger partial charge in [0.15, 0.2) is 0 Å². The van der Waals surface area contributed by atoms with Gasteiger partial charge >= 0.3 is 0 Å². The van der Waals surface area contributed by atoms with Crippen molar-refractivity contribution in [2.24, 2.45) is 0 Å². The lowest BCUT2D eigenvalue weighted by Gasteiger charge is -2.12. The molecule has 0 radical (unpaired) electrons. The molecule has 0 amide bonds. The summed E-state index contributed by atoms with van der Waals surface area (Å²) >= 11 is 2.82. The van der Waals surface area contributed by atoms with Crippen molar-refractivity contribution >= 4 is 43.8 Å². The van der Waals surface area contributed by atoms with Crippen molar-refractivity contribution in [3.8, 4) is 0 Å². The number of nitrogens with zero attached hydrogens (tertiary/aromatic N) is 3. The van der Waals surface area contributed by atoms with Crippen LogP contribution in [0.15, 0.2) is 69.2 Å². The van der Waals surface area contributed by atoms with Gasteiger partial charge < -0.3 is 0 Å². The third-order valence-corrected chi connectivity index (χ3v) is 8.34. The summed E-state index contributed by atoms with van der Waals surface area (Å²) in [6.45, 7) is 5.95. The van der Waals surface area contributed by atoms with E-state index >= 15 is 0 Å². The zero-order valence-electron chi connectivity index (χ0n) is 17.8. The van der Waals surface area contributed by atoms with E-state index in [0.717, 1.165) is 15.5 Å². The molecule has 0 aliphatic carbocycles. The van der Waals surface area contributed by atoms with Crippen LogP contribution in [0.25, 0.3) is 4.96 Å². The summed E-state index contributed by atoms with van der Waals surface area (Å²) in [6, 6.07) is 15.3. The van der Waals surface area contributed by atoms with E-state index in [1.165, 1.54) is 33.7 Å². The van der Waals surface area contributed by atoms with Crippen LogP contribution >= 0.6 is 23.1 Å². The molecule has 0 aliphatic rings. The highest BCUT2D eigenvalue weighted by atomic mass is 32.2. The largest absolute Gasteiger partial charge is 0.278 e.